The van der Waals surface area contributed by atoms with Crippen LogP contribution in [-0.4, -0.2) is 25.3 Å². The first-order chi connectivity index (χ1) is 14.4. The van der Waals surface area contributed by atoms with Crippen molar-refractivity contribution in [2.75, 3.05) is 0 Å². The summed E-state index contributed by atoms with van der Waals surface area (Å²) >= 11 is 0. The molecular weight excluding hydrogens is 405 g/mol. The average Bonchev–Trinajstić information content (AvgIpc) is 3.58. The van der Waals surface area contributed by atoms with Crippen LogP contribution in [0.5, 0.6) is 5.75 Å². The molecule has 7 heteroatoms. The number of carbonyl (C=O) groups is 1. The van der Waals surface area contributed by atoms with E-state index in [9.17, 15) is 17.6 Å². The van der Waals surface area contributed by atoms with E-state index >= 15 is 0 Å². The molecule has 0 spiro atoms. The zero-order valence-corrected chi connectivity index (χ0v) is 16.9. The van der Waals surface area contributed by atoms with Gasteiger partial charge in [0, 0.05) is 18.2 Å². The van der Waals surface area contributed by atoms with Crippen LogP contribution in [0.25, 0.3) is 0 Å². The van der Waals surface area contributed by atoms with Crippen LogP contribution in [-0.2, 0) is 16.7 Å². The minimum atomic E-state index is -4.09. The highest BCUT2D eigenvalue weighted by Gasteiger charge is 2.33. The molecule has 1 saturated carbocycles. The first kappa shape index (κ1) is 20.1. The van der Waals surface area contributed by atoms with Gasteiger partial charge in [0.2, 0.25) is 0 Å². The summed E-state index contributed by atoms with van der Waals surface area (Å²) in [5, 5.41) is 0. The standard InChI is InChI=1S/C23H20FNO4S/c24-19-9-13-22(14-10-19)30(27,28)29-21-8-4-5-17(15-21)16-25(20-11-12-20)23(26)18-6-2-1-3-7-18/h1-10,13-15,20H,11-12,16H2. The number of carbonyl (C=O) groups excluding carboxylic acids is 1. The van der Waals surface area contributed by atoms with Gasteiger partial charge in [-0.05, 0) is 66.9 Å². The fourth-order valence-electron chi connectivity index (χ4n) is 3.17. The van der Waals surface area contributed by atoms with Crippen molar-refractivity contribution in [2.45, 2.75) is 30.3 Å². The summed E-state index contributed by atoms with van der Waals surface area (Å²) in [7, 11) is -4.09. The van der Waals surface area contributed by atoms with Gasteiger partial charge in [-0.1, -0.05) is 30.3 Å². The molecule has 0 N–H and O–H groups in total. The second-order valence-electron chi connectivity index (χ2n) is 7.17. The maximum atomic E-state index is 13.1. The van der Waals surface area contributed by atoms with Crippen LogP contribution in [0.4, 0.5) is 4.39 Å². The molecule has 0 atom stereocenters. The molecule has 0 aromatic heterocycles. The van der Waals surface area contributed by atoms with Gasteiger partial charge in [0.05, 0.1) is 0 Å². The highest BCUT2D eigenvalue weighted by Crippen LogP contribution is 2.30. The van der Waals surface area contributed by atoms with Crippen molar-refractivity contribution in [1.29, 1.82) is 0 Å². The Balaban J connectivity index is 1.52. The Kier molecular flexibility index (Phi) is 5.55. The molecule has 0 aliphatic heterocycles. The van der Waals surface area contributed by atoms with Gasteiger partial charge in [0.1, 0.15) is 16.5 Å². The molecule has 1 amide bonds. The average molecular weight is 425 g/mol. The van der Waals surface area contributed by atoms with Gasteiger partial charge in [0.25, 0.3) is 5.91 Å². The number of halogens is 1. The van der Waals surface area contributed by atoms with Crippen molar-refractivity contribution < 1.29 is 21.8 Å². The fraction of sp³-hybridized carbons (Fsp3) is 0.174. The molecule has 0 bridgehead atoms. The summed E-state index contributed by atoms with van der Waals surface area (Å²) in [5.41, 5.74) is 1.38. The van der Waals surface area contributed by atoms with E-state index in [4.69, 9.17) is 4.18 Å². The van der Waals surface area contributed by atoms with Crippen LogP contribution in [0.3, 0.4) is 0 Å². The number of rotatable bonds is 7. The minimum Gasteiger partial charge on any atom is -0.379 e. The molecular formula is C23H20FNO4S. The van der Waals surface area contributed by atoms with Crippen molar-refractivity contribution in [3.8, 4) is 5.75 Å². The van der Waals surface area contributed by atoms with E-state index in [1.165, 1.54) is 6.07 Å². The van der Waals surface area contributed by atoms with Crippen LogP contribution in [0.1, 0.15) is 28.8 Å². The lowest BCUT2D eigenvalue weighted by Crippen LogP contribution is -2.32. The first-order valence-electron chi connectivity index (χ1n) is 9.57. The van der Waals surface area contributed by atoms with Crippen molar-refractivity contribution in [1.82, 2.24) is 4.90 Å². The molecule has 0 heterocycles. The lowest BCUT2D eigenvalue weighted by atomic mass is 10.1. The first-order valence-corrected chi connectivity index (χ1v) is 11.0. The Bertz CT molecular complexity index is 1140. The van der Waals surface area contributed by atoms with Gasteiger partial charge in [0.15, 0.2) is 0 Å². The van der Waals surface area contributed by atoms with E-state index in [2.05, 4.69) is 0 Å². The summed E-state index contributed by atoms with van der Waals surface area (Å²) in [5.74, 6) is -0.442. The molecule has 1 aliphatic rings. The smallest absolute Gasteiger partial charge is 0.339 e. The SMILES string of the molecule is O=C(c1ccccc1)N(Cc1cccc(OS(=O)(=O)c2ccc(F)cc2)c1)C1CC1. The van der Waals surface area contributed by atoms with Gasteiger partial charge in [-0.25, -0.2) is 4.39 Å². The Labute approximate surface area is 174 Å². The van der Waals surface area contributed by atoms with Gasteiger partial charge in [-0.15, -0.1) is 0 Å². The van der Waals surface area contributed by atoms with Gasteiger partial charge in [-0.2, -0.15) is 8.42 Å². The van der Waals surface area contributed by atoms with Crippen molar-refractivity contribution in [3.05, 3.63) is 95.8 Å². The molecule has 1 aliphatic carbocycles. The summed E-state index contributed by atoms with van der Waals surface area (Å²) in [4.78, 5) is 14.6. The van der Waals surface area contributed by atoms with Gasteiger partial charge in [-0.3, -0.25) is 4.79 Å². The topological polar surface area (TPSA) is 63.7 Å². The second-order valence-corrected chi connectivity index (χ2v) is 8.72. The van der Waals surface area contributed by atoms with Crippen molar-refractivity contribution in [2.24, 2.45) is 0 Å². The lowest BCUT2D eigenvalue weighted by Gasteiger charge is -2.23. The fourth-order valence-corrected chi connectivity index (χ4v) is 4.09. The van der Waals surface area contributed by atoms with Crippen LogP contribution in [0, 0.1) is 5.82 Å². The van der Waals surface area contributed by atoms with E-state index in [1.54, 1.807) is 24.3 Å². The van der Waals surface area contributed by atoms with Crippen molar-refractivity contribution in [3.63, 3.8) is 0 Å². The quantitative estimate of drug-likeness (QED) is 0.527. The Morgan fingerprint density at radius 1 is 0.967 bits per heavy atom. The predicted octanol–water partition coefficient (Wildman–Crippen LogP) is 4.40. The van der Waals surface area contributed by atoms with Crippen LogP contribution >= 0.6 is 0 Å². The van der Waals surface area contributed by atoms with Crippen LogP contribution in [0.15, 0.2) is 83.8 Å². The number of hydrogen-bond acceptors (Lipinski definition) is 4. The van der Waals surface area contributed by atoms with E-state index in [-0.39, 0.29) is 22.6 Å². The molecule has 3 aromatic carbocycles. The molecule has 0 radical (unpaired) electrons. The van der Waals surface area contributed by atoms with Gasteiger partial charge >= 0.3 is 10.1 Å². The zero-order chi connectivity index (χ0) is 21.1. The monoisotopic (exact) mass is 425 g/mol. The molecule has 30 heavy (non-hydrogen) atoms. The number of amides is 1. The molecule has 0 saturated heterocycles. The third kappa shape index (κ3) is 4.68. The third-order valence-electron chi connectivity index (χ3n) is 4.83. The lowest BCUT2D eigenvalue weighted by molar-refractivity contribution is 0.0729. The van der Waals surface area contributed by atoms with Crippen LogP contribution < -0.4 is 4.18 Å². The highest BCUT2D eigenvalue weighted by atomic mass is 32.2. The van der Waals surface area contributed by atoms with E-state index < -0.39 is 15.9 Å². The number of hydrogen-bond donors (Lipinski definition) is 0. The summed E-state index contributed by atoms with van der Waals surface area (Å²) in [6, 6.07) is 20.4. The van der Waals surface area contributed by atoms with E-state index in [0.29, 0.717) is 12.1 Å². The maximum Gasteiger partial charge on any atom is 0.339 e. The normalized spacial score (nSPS) is 13.6. The Hall–Kier alpha value is -3.19. The number of nitrogens with zero attached hydrogens (tertiary/aromatic N) is 1. The zero-order valence-electron chi connectivity index (χ0n) is 16.1. The Morgan fingerprint density at radius 2 is 1.67 bits per heavy atom. The highest BCUT2D eigenvalue weighted by molar-refractivity contribution is 7.87. The van der Waals surface area contributed by atoms with E-state index in [0.717, 1.165) is 42.7 Å². The molecule has 154 valence electrons. The molecule has 0 unspecified atom stereocenters. The molecule has 5 nitrogen and oxygen atoms in total. The second kappa shape index (κ2) is 8.28. The van der Waals surface area contributed by atoms with E-state index in [1.807, 2.05) is 29.2 Å². The molecule has 4 rings (SSSR count). The Morgan fingerprint density at radius 3 is 2.33 bits per heavy atom. The maximum absolute atomic E-state index is 13.1. The van der Waals surface area contributed by atoms with Gasteiger partial charge < -0.3 is 9.08 Å². The molecule has 3 aromatic rings. The number of benzene rings is 3. The predicted molar refractivity (Wildman–Crippen MR) is 110 cm³/mol. The summed E-state index contributed by atoms with van der Waals surface area (Å²) in [6.07, 6.45) is 1.90. The molecule has 1 fully saturated rings. The van der Waals surface area contributed by atoms with Crippen molar-refractivity contribution >= 4 is 16.0 Å². The summed E-state index contributed by atoms with van der Waals surface area (Å²) < 4.78 is 43.2. The summed E-state index contributed by atoms with van der Waals surface area (Å²) in [6.45, 7) is 0.353. The van der Waals surface area contributed by atoms with Crippen LogP contribution in [0.2, 0.25) is 0 Å². The largest absolute Gasteiger partial charge is 0.379 e. The minimum absolute atomic E-state index is 0.0524. The third-order valence-corrected chi connectivity index (χ3v) is 6.09.